The number of aromatic nitrogens is 1. The van der Waals surface area contributed by atoms with Gasteiger partial charge in [-0.15, -0.1) is 0 Å². The molecule has 132 valence electrons. The van der Waals surface area contributed by atoms with Crippen LogP contribution in [-0.4, -0.2) is 25.3 Å². The fourth-order valence-electron chi connectivity index (χ4n) is 3.28. The topological polar surface area (TPSA) is 61.6 Å². The van der Waals surface area contributed by atoms with E-state index in [9.17, 15) is 4.79 Å². The maximum atomic E-state index is 12.4. The lowest BCUT2D eigenvalue weighted by Crippen LogP contribution is -2.22. The van der Waals surface area contributed by atoms with E-state index in [4.69, 9.17) is 14.0 Å². The highest BCUT2D eigenvalue weighted by Gasteiger charge is 2.57. The second-order valence-electron chi connectivity index (χ2n) is 6.40. The maximum Gasteiger partial charge on any atom is 0.319 e. The quantitative estimate of drug-likeness (QED) is 0.645. The number of hydrogen-bond acceptors (Lipinski definition) is 5. The predicted octanol–water partition coefficient (Wildman–Crippen LogP) is 4.22. The fraction of sp³-hybridized carbons (Fsp3) is 0.238. The molecule has 0 N–H and O–H groups in total. The zero-order chi connectivity index (χ0) is 18.1. The first kappa shape index (κ1) is 16.4. The largest absolute Gasteiger partial charge is 0.497 e. The molecule has 0 bridgehead atoms. The van der Waals surface area contributed by atoms with Crippen LogP contribution in [0.3, 0.4) is 0 Å². The van der Waals surface area contributed by atoms with Gasteiger partial charge in [-0.2, -0.15) is 0 Å². The molecule has 1 fully saturated rings. The molecule has 0 unspecified atom stereocenters. The molecular weight excluding hydrogens is 330 g/mol. The third-order valence-electron chi connectivity index (χ3n) is 4.88. The number of nitrogens with zero attached hydrogens (tertiary/aromatic N) is 1. The highest BCUT2D eigenvalue weighted by molar-refractivity contribution is 5.92. The van der Waals surface area contributed by atoms with E-state index in [1.807, 2.05) is 54.6 Å². The monoisotopic (exact) mass is 349 g/mol. The predicted molar refractivity (Wildman–Crippen MR) is 96.9 cm³/mol. The molecule has 4 rings (SSSR count). The zero-order valence-electron chi connectivity index (χ0n) is 14.7. The number of methoxy groups -OCH3 is 2. The summed E-state index contributed by atoms with van der Waals surface area (Å²) in [5, 5.41) is 4.32. The van der Waals surface area contributed by atoms with Crippen molar-refractivity contribution in [3.63, 3.8) is 0 Å². The minimum atomic E-state index is -0.725. The highest BCUT2D eigenvalue weighted by Crippen LogP contribution is 2.54. The second-order valence-corrected chi connectivity index (χ2v) is 6.40. The van der Waals surface area contributed by atoms with Crippen LogP contribution in [0.5, 0.6) is 5.75 Å². The maximum absolute atomic E-state index is 12.4. The molecule has 3 aromatic rings. The second kappa shape index (κ2) is 6.33. The summed E-state index contributed by atoms with van der Waals surface area (Å²) in [6.07, 6.45) is 1.41. The Kier molecular flexibility index (Phi) is 3.99. The summed E-state index contributed by atoms with van der Waals surface area (Å²) in [4.78, 5) is 12.4. The Morgan fingerprint density at radius 2 is 1.69 bits per heavy atom. The van der Waals surface area contributed by atoms with Gasteiger partial charge in [0, 0.05) is 5.56 Å². The SMILES string of the molecule is COC(=O)C1(c2onc(-c3ccc(OC)cc3)c2-c2ccccc2)CC1. The Morgan fingerprint density at radius 1 is 1.00 bits per heavy atom. The Bertz CT molecular complexity index is 924. The third kappa shape index (κ3) is 2.56. The van der Waals surface area contributed by atoms with Crippen LogP contribution in [0, 0.1) is 0 Å². The summed E-state index contributed by atoms with van der Waals surface area (Å²) in [7, 11) is 3.04. The minimum absolute atomic E-state index is 0.271. The van der Waals surface area contributed by atoms with Crippen LogP contribution in [0.15, 0.2) is 59.1 Å². The van der Waals surface area contributed by atoms with E-state index >= 15 is 0 Å². The lowest BCUT2D eigenvalue weighted by atomic mass is 9.92. The minimum Gasteiger partial charge on any atom is -0.497 e. The summed E-state index contributed by atoms with van der Waals surface area (Å²) in [5.41, 5.74) is 2.70. The molecule has 0 radical (unpaired) electrons. The van der Waals surface area contributed by atoms with Gasteiger partial charge in [0.05, 0.1) is 19.8 Å². The zero-order valence-corrected chi connectivity index (χ0v) is 14.7. The van der Waals surface area contributed by atoms with E-state index in [0.29, 0.717) is 24.3 Å². The van der Waals surface area contributed by atoms with Gasteiger partial charge in [-0.25, -0.2) is 0 Å². The molecule has 1 aliphatic carbocycles. The van der Waals surface area contributed by atoms with Gasteiger partial charge in [-0.1, -0.05) is 35.5 Å². The number of hydrogen-bond donors (Lipinski definition) is 0. The Balaban J connectivity index is 1.89. The highest BCUT2D eigenvalue weighted by atomic mass is 16.5. The molecule has 0 saturated heterocycles. The normalized spacial score (nSPS) is 14.7. The van der Waals surface area contributed by atoms with E-state index in [0.717, 1.165) is 22.4 Å². The third-order valence-corrected chi connectivity index (χ3v) is 4.88. The van der Waals surface area contributed by atoms with Crippen LogP contribution in [-0.2, 0) is 14.9 Å². The molecule has 1 aromatic heterocycles. The summed E-state index contributed by atoms with van der Waals surface area (Å²) in [5.74, 6) is 1.08. The van der Waals surface area contributed by atoms with Gasteiger partial charge in [0.1, 0.15) is 16.9 Å². The van der Waals surface area contributed by atoms with Gasteiger partial charge in [0.15, 0.2) is 5.76 Å². The van der Waals surface area contributed by atoms with Gasteiger partial charge < -0.3 is 14.0 Å². The summed E-state index contributed by atoms with van der Waals surface area (Å²) in [6.45, 7) is 0. The van der Waals surface area contributed by atoms with Crippen molar-refractivity contribution >= 4 is 5.97 Å². The van der Waals surface area contributed by atoms with Crippen molar-refractivity contribution in [3.05, 3.63) is 60.4 Å². The van der Waals surface area contributed by atoms with Crippen molar-refractivity contribution in [1.82, 2.24) is 5.16 Å². The first-order valence-corrected chi connectivity index (χ1v) is 8.48. The number of carbonyl (C=O) groups is 1. The first-order chi connectivity index (χ1) is 12.7. The van der Waals surface area contributed by atoms with Gasteiger partial charge in [0.2, 0.25) is 0 Å². The van der Waals surface area contributed by atoms with Crippen molar-refractivity contribution in [2.75, 3.05) is 14.2 Å². The van der Waals surface area contributed by atoms with E-state index in [1.54, 1.807) is 7.11 Å². The summed E-state index contributed by atoms with van der Waals surface area (Å²) < 4.78 is 16.0. The van der Waals surface area contributed by atoms with Crippen molar-refractivity contribution in [2.24, 2.45) is 0 Å². The molecule has 1 saturated carbocycles. The first-order valence-electron chi connectivity index (χ1n) is 8.48. The summed E-state index contributed by atoms with van der Waals surface area (Å²) >= 11 is 0. The van der Waals surface area contributed by atoms with E-state index in [-0.39, 0.29) is 5.97 Å². The molecule has 26 heavy (non-hydrogen) atoms. The van der Waals surface area contributed by atoms with Gasteiger partial charge in [-0.3, -0.25) is 4.79 Å². The molecule has 5 heteroatoms. The number of benzene rings is 2. The van der Waals surface area contributed by atoms with Crippen LogP contribution < -0.4 is 4.74 Å². The number of ether oxygens (including phenoxy) is 2. The average molecular weight is 349 g/mol. The van der Waals surface area contributed by atoms with Gasteiger partial charge in [0.25, 0.3) is 0 Å². The Morgan fingerprint density at radius 3 is 2.27 bits per heavy atom. The van der Waals surface area contributed by atoms with Gasteiger partial charge >= 0.3 is 5.97 Å². The molecule has 2 aromatic carbocycles. The van der Waals surface area contributed by atoms with Crippen LogP contribution in [0.2, 0.25) is 0 Å². The lowest BCUT2D eigenvalue weighted by molar-refractivity contribution is -0.144. The van der Waals surface area contributed by atoms with E-state index < -0.39 is 5.41 Å². The van der Waals surface area contributed by atoms with Crippen LogP contribution in [0.4, 0.5) is 0 Å². The van der Waals surface area contributed by atoms with Crippen molar-refractivity contribution in [1.29, 1.82) is 0 Å². The smallest absolute Gasteiger partial charge is 0.319 e. The molecule has 0 aliphatic heterocycles. The average Bonchev–Trinajstić information content (AvgIpc) is 3.39. The van der Waals surface area contributed by atoms with Crippen molar-refractivity contribution < 1.29 is 18.8 Å². The molecule has 1 heterocycles. The molecule has 0 atom stereocenters. The molecule has 5 nitrogen and oxygen atoms in total. The van der Waals surface area contributed by atoms with E-state index in [2.05, 4.69) is 5.16 Å². The lowest BCUT2D eigenvalue weighted by Gasteiger charge is -2.12. The van der Waals surface area contributed by atoms with Crippen LogP contribution in [0.25, 0.3) is 22.4 Å². The molecular formula is C21H19NO4. The Hall–Kier alpha value is -3.08. The molecule has 0 spiro atoms. The molecule has 1 aliphatic rings. The summed E-state index contributed by atoms with van der Waals surface area (Å²) in [6, 6.07) is 17.5. The van der Waals surface area contributed by atoms with Crippen molar-refractivity contribution in [2.45, 2.75) is 18.3 Å². The van der Waals surface area contributed by atoms with E-state index in [1.165, 1.54) is 7.11 Å². The van der Waals surface area contributed by atoms with Crippen molar-refractivity contribution in [3.8, 4) is 28.1 Å². The fourth-order valence-corrected chi connectivity index (χ4v) is 3.28. The standard InChI is InChI=1S/C21H19NO4/c1-24-16-10-8-15(9-11-16)18-17(14-6-4-3-5-7-14)19(26-22-18)21(12-13-21)20(23)25-2/h3-11H,12-13H2,1-2H3. The van der Waals surface area contributed by atoms with Crippen LogP contribution in [0.1, 0.15) is 18.6 Å². The van der Waals surface area contributed by atoms with Gasteiger partial charge in [-0.05, 0) is 42.7 Å². The number of rotatable bonds is 5. The number of esters is 1. The van der Waals surface area contributed by atoms with Crippen LogP contribution >= 0.6 is 0 Å². The molecule has 0 amide bonds. The Labute approximate surface area is 151 Å². The number of carbonyl (C=O) groups excluding carboxylic acids is 1.